The number of rotatable bonds is 2. The molecule has 17 heavy (non-hydrogen) atoms. The van der Waals surface area contributed by atoms with Gasteiger partial charge >= 0.3 is 0 Å². The van der Waals surface area contributed by atoms with Gasteiger partial charge < -0.3 is 5.32 Å². The minimum absolute atomic E-state index is 0.103. The van der Waals surface area contributed by atoms with Crippen LogP contribution in [0.3, 0.4) is 0 Å². The third-order valence-corrected chi connectivity index (χ3v) is 3.45. The quantitative estimate of drug-likeness (QED) is 0.823. The second-order valence-electron chi connectivity index (χ2n) is 4.45. The van der Waals surface area contributed by atoms with Gasteiger partial charge in [-0.15, -0.1) is 0 Å². The molecule has 1 unspecified atom stereocenters. The minimum atomic E-state index is -0.381. The zero-order valence-corrected chi connectivity index (χ0v) is 10.5. The van der Waals surface area contributed by atoms with Crippen molar-refractivity contribution in [1.29, 1.82) is 0 Å². The molecule has 1 heterocycles. The maximum Gasteiger partial charge on any atom is 0.181 e. The summed E-state index contributed by atoms with van der Waals surface area (Å²) in [6.07, 6.45) is 2.90. The van der Waals surface area contributed by atoms with Gasteiger partial charge in [0, 0.05) is 5.56 Å². The van der Waals surface area contributed by atoms with Gasteiger partial charge in [-0.25, -0.2) is 4.39 Å². The van der Waals surface area contributed by atoms with Crippen LogP contribution < -0.4 is 5.32 Å². The van der Waals surface area contributed by atoms with E-state index < -0.39 is 0 Å². The summed E-state index contributed by atoms with van der Waals surface area (Å²) < 4.78 is 13.5. The van der Waals surface area contributed by atoms with E-state index in [0.717, 1.165) is 25.8 Å². The summed E-state index contributed by atoms with van der Waals surface area (Å²) in [4.78, 5) is 12.2. The molecule has 2 rings (SSSR count). The van der Waals surface area contributed by atoms with Gasteiger partial charge in [0.05, 0.1) is 11.1 Å². The van der Waals surface area contributed by atoms with Crippen LogP contribution in [0, 0.1) is 12.7 Å². The Balaban J connectivity index is 2.26. The number of benzene rings is 1. The molecule has 0 aromatic heterocycles. The Kier molecular flexibility index (Phi) is 3.79. The summed E-state index contributed by atoms with van der Waals surface area (Å²) in [7, 11) is 0. The highest BCUT2D eigenvalue weighted by atomic mass is 35.5. The molecular formula is C13H15ClFNO. The van der Waals surface area contributed by atoms with Crippen molar-refractivity contribution in [3.63, 3.8) is 0 Å². The Labute approximate surface area is 105 Å². The van der Waals surface area contributed by atoms with E-state index in [2.05, 4.69) is 5.32 Å². The van der Waals surface area contributed by atoms with Crippen LogP contribution >= 0.6 is 11.6 Å². The van der Waals surface area contributed by atoms with Crippen molar-refractivity contribution >= 4 is 17.4 Å². The van der Waals surface area contributed by atoms with Crippen molar-refractivity contribution in [1.82, 2.24) is 5.32 Å². The fourth-order valence-corrected chi connectivity index (χ4v) is 2.41. The maximum absolute atomic E-state index is 13.5. The van der Waals surface area contributed by atoms with Gasteiger partial charge in [0.25, 0.3) is 0 Å². The molecule has 1 aromatic carbocycles. The number of carbonyl (C=O) groups is 1. The van der Waals surface area contributed by atoms with Gasteiger partial charge in [0.2, 0.25) is 0 Å². The first-order valence-corrected chi connectivity index (χ1v) is 6.20. The Morgan fingerprint density at radius 2 is 2.24 bits per heavy atom. The second kappa shape index (κ2) is 5.15. The van der Waals surface area contributed by atoms with Gasteiger partial charge in [-0.1, -0.05) is 18.0 Å². The van der Waals surface area contributed by atoms with Gasteiger partial charge in [-0.05, 0) is 44.0 Å². The molecular weight excluding hydrogens is 241 g/mol. The van der Waals surface area contributed by atoms with Crippen LogP contribution in [0.15, 0.2) is 12.1 Å². The van der Waals surface area contributed by atoms with E-state index in [1.54, 1.807) is 6.92 Å². The number of hydrogen-bond acceptors (Lipinski definition) is 2. The average molecular weight is 256 g/mol. The zero-order chi connectivity index (χ0) is 12.4. The van der Waals surface area contributed by atoms with Crippen molar-refractivity contribution in [2.45, 2.75) is 32.2 Å². The second-order valence-corrected chi connectivity index (χ2v) is 4.86. The molecule has 1 fully saturated rings. The molecule has 1 N–H and O–H groups in total. The molecule has 1 aromatic rings. The number of piperidine rings is 1. The molecule has 4 heteroatoms. The number of hydrogen-bond donors (Lipinski definition) is 1. The van der Waals surface area contributed by atoms with Crippen molar-refractivity contribution in [2.24, 2.45) is 0 Å². The van der Waals surface area contributed by atoms with E-state index in [9.17, 15) is 9.18 Å². The molecule has 1 atom stereocenters. The fraction of sp³-hybridized carbons (Fsp3) is 0.462. The molecule has 0 aliphatic carbocycles. The third-order valence-electron chi connectivity index (χ3n) is 3.14. The zero-order valence-electron chi connectivity index (χ0n) is 9.72. The molecule has 0 saturated carbocycles. The van der Waals surface area contributed by atoms with E-state index in [1.807, 2.05) is 0 Å². The largest absolute Gasteiger partial charge is 0.307 e. The molecule has 1 aliphatic rings. The topological polar surface area (TPSA) is 29.1 Å². The highest BCUT2D eigenvalue weighted by Crippen LogP contribution is 2.23. The molecule has 0 amide bonds. The first kappa shape index (κ1) is 12.5. The normalized spacial score (nSPS) is 20.3. The molecule has 1 aliphatic heterocycles. The summed E-state index contributed by atoms with van der Waals surface area (Å²) in [6, 6.07) is 2.53. The van der Waals surface area contributed by atoms with E-state index in [4.69, 9.17) is 11.6 Å². The smallest absolute Gasteiger partial charge is 0.181 e. The van der Waals surface area contributed by atoms with Crippen LogP contribution in [0.25, 0.3) is 0 Å². The van der Waals surface area contributed by atoms with E-state index >= 15 is 0 Å². The molecule has 92 valence electrons. The monoisotopic (exact) mass is 255 g/mol. The SMILES string of the molecule is Cc1cc(Cl)c(C(=O)C2CCCCN2)cc1F. The first-order valence-electron chi connectivity index (χ1n) is 5.83. The van der Waals surface area contributed by atoms with Crippen LogP contribution in [0.2, 0.25) is 5.02 Å². The lowest BCUT2D eigenvalue weighted by Crippen LogP contribution is -2.40. The molecule has 0 radical (unpaired) electrons. The predicted octanol–water partition coefficient (Wildman–Crippen LogP) is 3.11. The highest BCUT2D eigenvalue weighted by molar-refractivity contribution is 6.34. The number of ketones is 1. The van der Waals surface area contributed by atoms with Crippen LogP contribution in [-0.4, -0.2) is 18.4 Å². The Morgan fingerprint density at radius 1 is 1.47 bits per heavy atom. The van der Waals surface area contributed by atoms with E-state index in [0.29, 0.717) is 10.6 Å². The Hall–Kier alpha value is -0.930. The van der Waals surface area contributed by atoms with Gasteiger partial charge in [0.1, 0.15) is 5.82 Å². The number of halogens is 2. The lowest BCUT2D eigenvalue weighted by molar-refractivity contribution is 0.0927. The van der Waals surface area contributed by atoms with Crippen molar-refractivity contribution in [3.05, 3.63) is 34.1 Å². The lowest BCUT2D eigenvalue weighted by atomic mass is 9.96. The number of nitrogens with one attached hydrogen (secondary N) is 1. The fourth-order valence-electron chi connectivity index (χ4n) is 2.10. The predicted molar refractivity (Wildman–Crippen MR) is 66.1 cm³/mol. The standard InChI is InChI=1S/C13H15ClFNO/c1-8-6-10(14)9(7-11(8)15)13(17)12-4-2-3-5-16-12/h6-7,12,16H,2-5H2,1H3. The van der Waals surface area contributed by atoms with Crippen molar-refractivity contribution in [2.75, 3.05) is 6.54 Å². The van der Waals surface area contributed by atoms with Crippen LogP contribution in [-0.2, 0) is 0 Å². The number of carbonyl (C=O) groups excluding carboxylic acids is 1. The summed E-state index contributed by atoms with van der Waals surface area (Å²) >= 11 is 6.00. The maximum atomic E-state index is 13.5. The number of aryl methyl sites for hydroxylation is 1. The summed E-state index contributed by atoms with van der Waals surface area (Å²) in [5.41, 5.74) is 0.748. The summed E-state index contributed by atoms with van der Waals surface area (Å²) in [5.74, 6) is -0.484. The third kappa shape index (κ3) is 2.67. The summed E-state index contributed by atoms with van der Waals surface area (Å²) in [5, 5.41) is 3.48. The average Bonchev–Trinajstić information content (AvgIpc) is 2.34. The van der Waals surface area contributed by atoms with Crippen molar-refractivity contribution < 1.29 is 9.18 Å². The summed E-state index contributed by atoms with van der Waals surface area (Å²) in [6.45, 7) is 2.47. The van der Waals surface area contributed by atoms with Crippen LogP contribution in [0.4, 0.5) is 4.39 Å². The molecule has 0 spiro atoms. The van der Waals surface area contributed by atoms with Crippen molar-refractivity contribution in [3.8, 4) is 0 Å². The Morgan fingerprint density at radius 3 is 2.88 bits per heavy atom. The molecule has 2 nitrogen and oxygen atoms in total. The first-order chi connectivity index (χ1) is 8.09. The highest BCUT2D eigenvalue weighted by Gasteiger charge is 2.24. The minimum Gasteiger partial charge on any atom is -0.307 e. The molecule has 1 saturated heterocycles. The van der Waals surface area contributed by atoms with Gasteiger partial charge in [-0.3, -0.25) is 4.79 Å². The van der Waals surface area contributed by atoms with E-state index in [-0.39, 0.29) is 23.2 Å². The lowest BCUT2D eigenvalue weighted by Gasteiger charge is -2.22. The van der Waals surface area contributed by atoms with Crippen LogP contribution in [0.1, 0.15) is 35.2 Å². The van der Waals surface area contributed by atoms with Gasteiger partial charge in [0.15, 0.2) is 5.78 Å². The number of Topliss-reactive ketones (excluding diaryl/α,β-unsaturated/α-hetero) is 1. The Bertz CT molecular complexity index is 441. The van der Waals surface area contributed by atoms with E-state index in [1.165, 1.54) is 12.1 Å². The van der Waals surface area contributed by atoms with Crippen LogP contribution in [0.5, 0.6) is 0 Å². The van der Waals surface area contributed by atoms with Gasteiger partial charge in [-0.2, -0.15) is 0 Å². The molecule has 0 bridgehead atoms.